The number of hydrogen-bond donors (Lipinski definition) is 1. The van der Waals surface area contributed by atoms with Gasteiger partial charge in [-0.3, -0.25) is 4.90 Å². The first kappa shape index (κ1) is 17.7. The summed E-state index contributed by atoms with van der Waals surface area (Å²) in [6, 6.07) is 7.63. The molecule has 140 valence electrons. The van der Waals surface area contributed by atoms with Crippen LogP contribution in [0.25, 0.3) is 0 Å². The molecule has 1 aromatic heterocycles. The quantitative estimate of drug-likeness (QED) is 0.862. The molecule has 0 bridgehead atoms. The summed E-state index contributed by atoms with van der Waals surface area (Å²) in [5.41, 5.74) is 1.70. The summed E-state index contributed by atoms with van der Waals surface area (Å²) in [6.45, 7) is 6.39. The minimum atomic E-state index is -0.165. The molecular formula is C21H29FN4. The number of imidazole rings is 1. The van der Waals surface area contributed by atoms with Gasteiger partial charge in [0.05, 0.1) is 6.54 Å². The first-order valence-corrected chi connectivity index (χ1v) is 9.74. The van der Waals surface area contributed by atoms with Crippen LogP contribution in [0.1, 0.15) is 43.5 Å². The molecule has 2 aromatic rings. The fourth-order valence-corrected chi connectivity index (χ4v) is 4.59. The van der Waals surface area contributed by atoms with Gasteiger partial charge in [-0.05, 0) is 61.4 Å². The fourth-order valence-electron chi connectivity index (χ4n) is 4.59. The van der Waals surface area contributed by atoms with Crippen molar-refractivity contribution >= 4 is 0 Å². The highest BCUT2D eigenvalue weighted by Crippen LogP contribution is 2.56. The van der Waals surface area contributed by atoms with E-state index in [2.05, 4.69) is 33.7 Å². The molecule has 1 aliphatic heterocycles. The minimum Gasteiger partial charge on any atom is -0.337 e. The zero-order valence-corrected chi connectivity index (χ0v) is 15.8. The van der Waals surface area contributed by atoms with Crippen LogP contribution in [0.15, 0.2) is 36.7 Å². The van der Waals surface area contributed by atoms with Gasteiger partial charge in [-0.15, -0.1) is 0 Å². The molecule has 1 aliphatic carbocycles. The third kappa shape index (κ3) is 3.55. The molecule has 2 fully saturated rings. The molecule has 0 amide bonds. The molecule has 2 unspecified atom stereocenters. The SMILES string of the molecule is CC(CN(Cc1nccn1C)C1CC12CCNCC2)c1ccc(F)cc1. The van der Waals surface area contributed by atoms with Gasteiger partial charge in [-0.1, -0.05) is 19.1 Å². The van der Waals surface area contributed by atoms with Crippen LogP contribution >= 0.6 is 0 Å². The van der Waals surface area contributed by atoms with Crippen molar-refractivity contribution in [2.45, 2.75) is 44.7 Å². The minimum absolute atomic E-state index is 0.165. The smallest absolute Gasteiger partial charge is 0.123 e. The molecule has 26 heavy (non-hydrogen) atoms. The predicted molar refractivity (Wildman–Crippen MR) is 101 cm³/mol. The zero-order chi connectivity index (χ0) is 18.1. The molecule has 1 saturated carbocycles. The van der Waals surface area contributed by atoms with E-state index in [-0.39, 0.29) is 5.82 Å². The van der Waals surface area contributed by atoms with Gasteiger partial charge in [0.15, 0.2) is 0 Å². The molecule has 2 heterocycles. The fraction of sp³-hybridized carbons (Fsp3) is 0.571. The largest absolute Gasteiger partial charge is 0.337 e. The number of benzene rings is 1. The van der Waals surface area contributed by atoms with E-state index < -0.39 is 0 Å². The Morgan fingerprint density at radius 2 is 2.04 bits per heavy atom. The van der Waals surface area contributed by atoms with Gasteiger partial charge in [0.25, 0.3) is 0 Å². The normalized spacial score (nSPS) is 22.7. The van der Waals surface area contributed by atoms with E-state index in [9.17, 15) is 4.39 Å². The summed E-state index contributed by atoms with van der Waals surface area (Å²) in [5, 5.41) is 3.50. The molecule has 0 radical (unpaired) electrons. The zero-order valence-electron chi connectivity index (χ0n) is 15.8. The Morgan fingerprint density at radius 3 is 2.69 bits per heavy atom. The van der Waals surface area contributed by atoms with Gasteiger partial charge in [0.1, 0.15) is 11.6 Å². The first-order valence-electron chi connectivity index (χ1n) is 9.74. The Bertz CT molecular complexity index is 733. The monoisotopic (exact) mass is 356 g/mol. The van der Waals surface area contributed by atoms with Crippen molar-refractivity contribution in [1.29, 1.82) is 0 Å². The summed E-state index contributed by atoms with van der Waals surface area (Å²) >= 11 is 0. The lowest BCUT2D eigenvalue weighted by Gasteiger charge is -2.31. The van der Waals surface area contributed by atoms with Gasteiger partial charge < -0.3 is 9.88 Å². The number of nitrogens with one attached hydrogen (secondary N) is 1. The number of rotatable bonds is 6. The van der Waals surface area contributed by atoms with E-state index in [4.69, 9.17) is 0 Å². The van der Waals surface area contributed by atoms with Gasteiger partial charge >= 0.3 is 0 Å². The molecule has 2 atom stereocenters. The molecule has 1 saturated heterocycles. The van der Waals surface area contributed by atoms with Crippen LogP contribution < -0.4 is 5.32 Å². The molecule has 2 aliphatic rings. The summed E-state index contributed by atoms with van der Waals surface area (Å²) in [4.78, 5) is 7.18. The van der Waals surface area contributed by atoms with Crippen LogP contribution in [0.2, 0.25) is 0 Å². The Kier molecular flexibility index (Phi) is 4.84. The highest BCUT2D eigenvalue weighted by molar-refractivity contribution is 5.21. The second-order valence-electron chi connectivity index (χ2n) is 8.17. The highest BCUT2D eigenvalue weighted by atomic mass is 19.1. The van der Waals surface area contributed by atoms with Crippen LogP contribution in [-0.2, 0) is 13.6 Å². The van der Waals surface area contributed by atoms with Crippen molar-refractivity contribution < 1.29 is 4.39 Å². The van der Waals surface area contributed by atoms with Crippen molar-refractivity contribution in [1.82, 2.24) is 19.8 Å². The predicted octanol–water partition coefficient (Wildman–Crippen LogP) is 3.31. The molecule has 1 spiro atoms. The van der Waals surface area contributed by atoms with Crippen molar-refractivity contribution in [3.8, 4) is 0 Å². The maximum Gasteiger partial charge on any atom is 0.123 e. The summed E-state index contributed by atoms with van der Waals surface area (Å²) in [7, 11) is 2.07. The van der Waals surface area contributed by atoms with Crippen molar-refractivity contribution in [3.05, 3.63) is 53.9 Å². The second-order valence-corrected chi connectivity index (χ2v) is 8.17. The number of hydrogen-bond acceptors (Lipinski definition) is 3. The van der Waals surface area contributed by atoms with Crippen LogP contribution in [-0.4, -0.2) is 40.1 Å². The first-order chi connectivity index (χ1) is 12.6. The molecule has 5 heteroatoms. The van der Waals surface area contributed by atoms with E-state index >= 15 is 0 Å². The van der Waals surface area contributed by atoms with E-state index in [1.54, 1.807) is 12.1 Å². The topological polar surface area (TPSA) is 33.1 Å². The molecular weight excluding hydrogens is 327 g/mol. The summed E-state index contributed by atoms with van der Waals surface area (Å²) in [5.74, 6) is 1.32. The maximum atomic E-state index is 13.3. The number of halogens is 1. The van der Waals surface area contributed by atoms with E-state index in [0.717, 1.165) is 32.0 Å². The Balaban J connectivity index is 1.51. The van der Waals surface area contributed by atoms with Gasteiger partial charge in [0.2, 0.25) is 0 Å². The average Bonchev–Trinajstić information content (AvgIpc) is 3.17. The van der Waals surface area contributed by atoms with E-state index in [1.807, 2.05) is 24.5 Å². The highest BCUT2D eigenvalue weighted by Gasteiger charge is 2.56. The van der Waals surface area contributed by atoms with Gasteiger partial charge in [-0.25, -0.2) is 9.37 Å². The number of nitrogens with zero attached hydrogens (tertiary/aromatic N) is 3. The lowest BCUT2D eigenvalue weighted by molar-refractivity contribution is 0.182. The third-order valence-corrected chi connectivity index (χ3v) is 6.40. The van der Waals surface area contributed by atoms with E-state index in [0.29, 0.717) is 17.4 Å². The maximum absolute atomic E-state index is 13.3. The third-order valence-electron chi connectivity index (χ3n) is 6.40. The summed E-state index contributed by atoms with van der Waals surface area (Å²) in [6.07, 6.45) is 7.75. The standard InChI is InChI=1S/C21H29FN4/c1-16(17-3-5-18(22)6-4-17)14-26(15-20-24-11-12-25(20)2)19-13-21(19)7-9-23-10-8-21/h3-6,11-12,16,19,23H,7-10,13-15H2,1-2H3. The van der Waals surface area contributed by atoms with Crippen LogP contribution in [0.5, 0.6) is 0 Å². The number of aryl methyl sites for hydroxylation is 1. The van der Waals surface area contributed by atoms with Crippen LogP contribution in [0.4, 0.5) is 4.39 Å². The molecule has 1 aromatic carbocycles. The van der Waals surface area contributed by atoms with Crippen molar-refractivity contribution in [3.63, 3.8) is 0 Å². The number of aromatic nitrogens is 2. The second kappa shape index (κ2) is 7.12. The summed E-state index contributed by atoms with van der Waals surface area (Å²) < 4.78 is 15.4. The van der Waals surface area contributed by atoms with Crippen molar-refractivity contribution in [2.75, 3.05) is 19.6 Å². The van der Waals surface area contributed by atoms with Crippen LogP contribution in [0.3, 0.4) is 0 Å². The van der Waals surface area contributed by atoms with Gasteiger partial charge in [0, 0.05) is 32.0 Å². The van der Waals surface area contributed by atoms with E-state index in [1.165, 1.54) is 24.8 Å². The average molecular weight is 356 g/mol. The van der Waals surface area contributed by atoms with Gasteiger partial charge in [-0.2, -0.15) is 0 Å². The molecule has 1 N–H and O–H groups in total. The lowest BCUT2D eigenvalue weighted by Crippen LogP contribution is -2.38. The lowest BCUT2D eigenvalue weighted by atomic mass is 9.93. The Morgan fingerprint density at radius 1 is 1.31 bits per heavy atom. The molecule has 4 nitrogen and oxygen atoms in total. The molecule has 4 rings (SSSR count). The van der Waals surface area contributed by atoms with Crippen LogP contribution in [0, 0.1) is 11.2 Å². The Hall–Kier alpha value is -1.72. The van der Waals surface area contributed by atoms with Crippen molar-refractivity contribution in [2.24, 2.45) is 12.5 Å². The Labute approximate surface area is 155 Å². The number of piperidine rings is 1.